The lowest BCUT2D eigenvalue weighted by Gasteiger charge is -2.20. The first-order valence-corrected chi connectivity index (χ1v) is 6.39. The maximum absolute atomic E-state index is 9.52. The van der Waals surface area contributed by atoms with Gasteiger partial charge < -0.3 is 10.0 Å². The van der Waals surface area contributed by atoms with Crippen molar-refractivity contribution in [2.45, 2.75) is 19.4 Å². The van der Waals surface area contributed by atoms with E-state index in [1.165, 1.54) is 16.9 Å². The van der Waals surface area contributed by atoms with Gasteiger partial charge in [0.05, 0.1) is 6.10 Å². The second-order valence-electron chi connectivity index (χ2n) is 4.80. The number of rotatable bonds is 2. The van der Waals surface area contributed by atoms with Gasteiger partial charge in [0.15, 0.2) is 0 Å². The third-order valence-electron chi connectivity index (χ3n) is 3.57. The van der Waals surface area contributed by atoms with Crippen molar-refractivity contribution in [3.63, 3.8) is 0 Å². The lowest BCUT2D eigenvalue weighted by atomic mass is 10.1. The zero-order chi connectivity index (χ0) is 12.5. The van der Waals surface area contributed by atoms with Gasteiger partial charge in [-0.2, -0.15) is 0 Å². The minimum atomic E-state index is -0.398. The van der Waals surface area contributed by atoms with Crippen molar-refractivity contribution in [2.24, 2.45) is 0 Å². The molecule has 0 radical (unpaired) electrons. The molecular formula is C16H17NO. The topological polar surface area (TPSA) is 23.5 Å². The molecule has 0 saturated heterocycles. The monoisotopic (exact) mass is 239 g/mol. The maximum atomic E-state index is 9.52. The summed E-state index contributed by atoms with van der Waals surface area (Å²) in [5, 5.41) is 9.52. The molecule has 1 aliphatic rings. The summed E-state index contributed by atoms with van der Waals surface area (Å²) in [6.07, 6.45) is 0.707. The lowest BCUT2D eigenvalue weighted by Crippen LogP contribution is -2.13. The first kappa shape index (κ1) is 11.3. The van der Waals surface area contributed by atoms with Crippen LogP contribution in [0.4, 0.5) is 11.4 Å². The normalized spacial score (nSPS) is 15.6. The molecule has 0 aliphatic carbocycles. The second kappa shape index (κ2) is 4.46. The van der Waals surface area contributed by atoms with Crippen molar-refractivity contribution in [2.75, 3.05) is 11.4 Å². The van der Waals surface area contributed by atoms with Gasteiger partial charge in [0.25, 0.3) is 0 Å². The predicted octanol–water partition coefficient (Wildman–Crippen LogP) is 3.43. The van der Waals surface area contributed by atoms with Crippen LogP contribution in [0, 0.1) is 0 Å². The molecule has 0 fully saturated rings. The van der Waals surface area contributed by atoms with Crippen molar-refractivity contribution in [1.82, 2.24) is 0 Å². The van der Waals surface area contributed by atoms with E-state index in [1.54, 1.807) is 6.92 Å². The fraction of sp³-hybridized carbons (Fsp3) is 0.250. The van der Waals surface area contributed by atoms with Crippen molar-refractivity contribution in [3.8, 4) is 0 Å². The van der Waals surface area contributed by atoms with Crippen molar-refractivity contribution in [3.05, 3.63) is 59.7 Å². The molecule has 92 valence electrons. The largest absolute Gasteiger partial charge is 0.389 e. The summed E-state index contributed by atoms with van der Waals surface area (Å²) in [7, 11) is 0. The van der Waals surface area contributed by atoms with Gasteiger partial charge in [-0.3, -0.25) is 0 Å². The number of hydrogen-bond donors (Lipinski definition) is 1. The zero-order valence-electron chi connectivity index (χ0n) is 10.5. The predicted molar refractivity (Wildman–Crippen MR) is 74.2 cm³/mol. The summed E-state index contributed by atoms with van der Waals surface area (Å²) in [6, 6.07) is 16.7. The van der Waals surface area contributed by atoms with Gasteiger partial charge in [-0.1, -0.05) is 30.3 Å². The zero-order valence-corrected chi connectivity index (χ0v) is 10.5. The lowest BCUT2D eigenvalue weighted by molar-refractivity contribution is 0.199. The molecule has 2 heteroatoms. The molecule has 2 aromatic rings. The van der Waals surface area contributed by atoms with Gasteiger partial charge in [-0.15, -0.1) is 0 Å². The number of aliphatic hydroxyl groups is 1. The minimum Gasteiger partial charge on any atom is -0.389 e. The van der Waals surface area contributed by atoms with Crippen LogP contribution in [0.2, 0.25) is 0 Å². The van der Waals surface area contributed by atoms with E-state index in [2.05, 4.69) is 41.3 Å². The van der Waals surface area contributed by atoms with Crippen LogP contribution in [-0.2, 0) is 6.42 Å². The van der Waals surface area contributed by atoms with Crippen LogP contribution in [0.3, 0.4) is 0 Å². The highest BCUT2D eigenvalue weighted by atomic mass is 16.3. The summed E-state index contributed by atoms with van der Waals surface area (Å²) in [6.45, 7) is 2.83. The number of hydrogen-bond acceptors (Lipinski definition) is 2. The number of para-hydroxylation sites is 1. The van der Waals surface area contributed by atoms with E-state index in [-0.39, 0.29) is 0 Å². The Bertz CT molecular complexity index is 545. The molecule has 1 heterocycles. The molecule has 1 N–H and O–H groups in total. The first-order chi connectivity index (χ1) is 8.75. The molecule has 18 heavy (non-hydrogen) atoms. The molecule has 0 amide bonds. The van der Waals surface area contributed by atoms with E-state index >= 15 is 0 Å². The molecule has 0 saturated carbocycles. The fourth-order valence-corrected chi connectivity index (χ4v) is 2.54. The Morgan fingerprint density at radius 2 is 1.78 bits per heavy atom. The van der Waals surface area contributed by atoms with Gasteiger partial charge >= 0.3 is 0 Å². The standard InChI is InChI=1S/C16H17NO/c1-12(18)13-6-8-15(9-7-13)17-11-10-14-4-2-3-5-16(14)17/h2-9,12,18H,10-11H2,1H3/t12-/m1/s1. The third kappa shape index (κ3) is 1.89. The van der Waals surface area contributed by atoms with Crippen LogP contribution < -0.4 is 4.90 Å². The highest BCUT2D eigenvalue weighted by Gasteiger charge is 2.19. The molecular weight excluding hydrogens is 222 g/mol. The van der Waals surface area contributed by atoms with E-state index in [4.69, 9.17) is 0 Å². The third-order valence-corrected chi connectivity index (χ3v) is 3.57. The van der Waals surface area contributed by atoms with Gasteiger partial charge in [-0.25, -0.2) is 0 Å². The van der Waals surface area contributed by atoms with Crippen molar-refractivity contribution >= 4 is 11.4 Å². The van der Waals surface area contributed by atoms with E-state index in [1.807, 2.05) is 12.1 Å². The Labute approximate surface area is 107 Å². The summed E-state index contributed by atoms with van der Waals surface area (Å²) in [4.78, 5) is 2.33. The summed E-state index contributed by atoms with van der Waals surface area (Å²) >= 11 is 0. The summed E-state index contributed by atoms with van der Waals surface area (Å²) in [5.74, 6) is 0. The quantitative estimate of drug-likeness (QED) is 0.867. The first-order valence-electron chi connectivity index (χ1n) is 6.39. The van der Waals surface area contributed by atoms with Gasteiger partial charge in [0.2, 0.25) is 0 Å². The summed E-state index contributed by atoms with van der Waals surface area (Å²) in [5.41, 5.74) is 4.88. The van der Waals surface area contributed by atoms with Crippen LogP contribution >= 0.6 is 0 Å². The second-order valence-corrected chi connectivity index (χ2v) is 4.80. The molecule has 2 nitrogen and oxygen atoms in total. The van der Waals surface area contributed by atoms with Gasteiger partial charge in [-0.05, 0) is 42.7 Å². The Kier molecular flexibility index (Phi) is 2.80. The number of nitrogens with zero attached hydrogens (tertiary/aromatic N) is 1. The van der Waals surface area contributed by atoms with E-state index in [0.717, 1.165) is 18.5 Å². The average Bonchev–Trinajstić information content (AvgIpc) is 2.82. The number of benzene rings is 2. The van der Waals surface area contributed by atoms with Crippen LogP contribution in [-0.4, -0.2) is 11.7 Å². The molecule has 0 spiro atoms. The van der Waals surface area contributed by atoms with Gasteiger partial charge in [0, 0.05) is 17.9 Å². The smallest absolute Gasteiger partial charge is 0.0761 e. The molecule has 0 bridgehead atoms. The Morgan fingerprint density at radius 1 is 1.06 bits per heavy atom. The number of anilines is 2. The van der Waals surface area contributed by atoms with Crippen LogP contribution in [0.15, 0.2) is 48.5 Å². The Balaban J connectivity index is 1.93. The molecule has 1 atom stereocenters. The van der Waals surface area contributed by atoms with Gasteiger partial charge in [0.1, 0.15) is 0 Å². The van der Waals surface area contributed by atoms with Crippen LogP contribution in [0.5, 0.6) is 0 Å². The Hall–Kier alpha value is -1.80. The molecule has 2 aromatic carbocycles. The van der Waals surface area contributed by atoms with E-state index in [0.29, 0.717) is 0 Å². The Morgan fingerprint density at radius 3 is 2.50 bits per heavy atom. The van der Waals surface area contributed by atoms with Crippen molar-refractivity contribution < 1.29 is 5.11 Å². The van der Waals surface area contributed by atoms with E-state index in [9.17, 15) is 5.11 Å². The molecule has 1 aliphatic heterocycles. The minimum absolute atomic E-state index is 0.398. The van der Waals surface area contributed by atoms with Crippen LogP contribution in [0.25, 0.3) is 0 Å². The van der Waals surface area contributed by atoms with E-state index < -0.39 is 6.10 Å². The number of aliphatic hydroxyl groups excluding tert-OH is 1. The average molecular weight is 239 g/mol. The fourth-order valence-electron chi connectivity index (χ4n) is 2.54. The summed E-state index contributed by atoms with van der Waals surface area (Å²) < 4.78 is 0. The SMILES string of the molecule is C[C@@H](O)c1ccc(N2CCc3ccccc32)cc1. The molecule has 0 unspecified atom stereocenters. The highest BCUT2D eigenvalue weighted by molar-refractivity contribution is 5.69. The molecule has 0 aromatic heterocycles. The highest BCUT2D eigenvalue weighted by Crippen LogP contribution is 2.34. The maximum Gasteiger partial charge on any atom is 0.0761 e. The number of fused-ring (bicyclic) bond motifs is 1. The van der Waals surface area contributed by atoms with Crippen LogP contribution in [0.1, 0.15) is 24.2 Å². The molecule has 3 rings (SSSR count). The van der Waals surface area contributed by atoms with Crippen molar-refractivity contribution in [1.29, 1.82) is 0 Å².